The Morgan fingerprint density at radius 3 is 2.56 bits per heavy atom. The predicted octanol–water partition coefficient (Wildman–Crippen LogP) is 2.87. The van der Waals surface area contributed by atoms with Gasteiger partial charge in [0, 0.05) is 18.6 Å². The molecular weight excluding hydrogens is 196 g/mol. The zero-order chi connectivity index (χ0) is 12.1. The van der Waals surface area contributed by atoms with Crippen molar-refractivity contribution in [3.8, 4) is 0 Å². The van der Waals surface area contributed by atoms with E-state index in [1.807, 2.05) is 0 Å². The lowest BCUT2D eigenvalue weighted by atomic mass is 9.79. The van der Waals surface area contributed by atoms with E-state index in [1.54, 1.807) is 0 Å². The van der Waals surface area contributed by atoms with Crippen LogP contribution in [0.2, 0.25) is 0 Å². The molecule has 0 aromatic rings. The van der Waals surface area contributed by atoms with Crippen LogP contribution < -0.4 is 5.73 Å². The van der Waals surface area contributed by atoms with E-state index < -0.39 is 0 Å². The lowest BCUT2D eigenvalue weighted by Crippen LogP contribution is -2.45. The molecule has 2 heteroatoms. The molecule has 0 radical (unpaired) electrons. The van der Waals surface area contributed by atoms with Gasteiger partial charge in [0.1, 0.15) is 0 Å². The van der Waals surface area contributed by atoms with E-state index >= 15 is 0 Å². The van der Waals surface area contributed by atoms with Gasteiger partial charge < -0.3 is 10.6 Å². The average molecular weight is 226 g/mol. The van der Waals surface area contributed by atoms with Crippen LogP contribution in [0.25, 0.3) is 0 Å². The van der Waals surface area contributed by atoms with E-state index in [4.69, 9.17) is 5.73 Å². The highest BCUT2D eigenvalue weighted by atomic mass is 15.1. The second-order valence-corrected chi connectivity index (χ2v) is 5.93. The molecule has 1 rings (SSSR count). The average Bonchev–Trinajstić information content (AvgIpc) is 2.22. The van der Waals surface area contributed by atoms with Gasteiger partial charge >= 0.3 is 0 Å². The summed E-state index contributed by atoms with van der Waals surface area (Å²) < 4.78 is 0. The Hall–Kier alpha value is -0.0800. The van der Waals surface area contributed by atoms with Crippen LogP contribution in [0.5, 0.6) is 0 Å². The Morgan fingerprint density at radius 2 is 2.00 bits per heavy atom. The SMILES string of the molecule is CCCN(CC1CC(C)CCC1N)C(C)C. The molecule has 3 atom stereocenters. The Kier molecular flexibility index (Phi) is 5.77. The maximum absolute atomic E-state index is 6.26. The molecule has 2 nitrogen and oxygen atoms in total. The summed E-state index contributed by atoms with van der Waals surface area (Å²) in [6, 6.07) is 1.10. The molecule has 1 fully saturated rings. The van der Waals surface area contributed by atoms with Crippen molar-refractivity contribution in [1.82, 2.24) is 4.90 Å². The summed E-state index contributed by atoms with van der Waals surface area (Å²) >= 11 is 0. The molecule has 2 N–H and O–H groups in total. The van der Waals surface area contributed by atoms with E-state index in [1.165, 1.54) is 38.8 Å². The number of rotatable bonds is 5. The van der Waals surface area contributed by atoms with E-state index in [2.05, 4.69) is 32.6 Å². The van der Waals surface area contributed by atoms with Crippen molar-refractivity contribution in [3.05, 3.63) is 0 Å². The number of nitrogens with two attached hydrogens (primary N) is 1. The van der Waals surface area contributed by atoms with E-state index in [0.29, 0.717) is 12.1 Å². The first-order valence-electron chi connectivity index (χ1n) is 7.04. The van der Waals surface area contributed by atoms with Crippen LogP contribution in [-0.4, -0.2) is 30.1 Å². The quantitative estimate of drug-likeness (QED) is 0.781. The second kappa shape index (κ2) is 6.61. The maximum atomic E-state index is 6.26. The largest absolute Gasteiger partial charge is 0.327 e. The maximum Gasteiger partial charge on any atom is 0.00795 e. The van der Waals surface area contributed by atoms with Gasteiger partial charge in [0.15, 0.2) is 0 Å². The topological polar surface area (TPSA) is 29.3 Å². The number of hydrogen-bond acceptors (Lipinski definition) is 2. The van der Waals surface area contributed by atoms with E-state index in [9.17, 15) is 0 Å². The fourth-order valence-electron chi connectivity index (χ4n) is 2.88. The first kappa shape index (κ1) is 14.0. The van der Waals surface area contributed by atoms with Crippen LogP contribution in [0.15, 0.2) is 0 Å². The smallest absolute Gasteiger partial charge is 0.00795 e. The van der Waals surface area contributed by atoms with Crippen molar-refractivity contribution in [3.63, 3.8) is 0 Å². The third-order valence-corrected chi connectivity index (χ3v) is 4.01. The van der Waals surface area contributed by atoms with Crippen molar-refractivity contribution in [2.45, 2.75) is 65.5 Å². The van der Waals surface area contributed by atoms with Crippen molar-refractivity contribution in [2.24, 2.45) is 17.6 Å². The highest BCUT2D eigenvalue weighted by molar-refractivity contribution is 4.83. The van der Waals surface area contributed by atoms with Crippen LogP contribution in [0.3, 0.4) is 0 Å². The molecule has 0 aliphatic heterocycles. The first-order valence-corrected chi connectivity index (χ1v) is 7.04. The molecule has 1 saturated carbocycles. The minimum Gasteiger partial charge on any atom is -0.327 e. The summed E-state index contributed by atoms with van der Waals surface area (Å²) in [4.78, 5) is 2.60. The Balaban J connectivity index is 2.48. The number of nitrogens with zero attached hydrogens (tertiary/aromatic N) is 1. The molecule has 0 heterocycles. The molecule has 0 aromatic heterocycles. The van der Waals surface area contributed by atoms with Crippen molar-refractivity contribution >= 4 is 0 Å². The predicted molar refractivity (Wildman–Crippen MR) is 71.5 cm³/mol. The Morgan fingerprint density at radius 1 is 1.31 bits per heavy atom. The third-order valence-electron chi connectivity index (χ3n) is 4.01. The van der Waals surface area contributed by atoms with Crippen molar-refractivity contribution in [1.29, 1.82) is 0 Å². The standard InChI is InChI=1S/C14H30N2/c1-5-8-16(11(2)3)10-13-9-12(4)6-7-14(13)15/h11-14H,5-10,15H2,1-4H3. The molecule has 0 saturated heterocycles. The fourth-order valence-corrected chi connectivity index (χ4v) is 2.88. The van der Waals surface area contributed by atoms with Gasteiger partial charge in [-0.1, -0.05) is 13.8 Å². The summed E-state index contributed by atoms with van der Waals surface area (Å²) in [6.45, 7) is 11.7. The van der Waals surface area contributed by atoms with Crippen molar-refractivity contribution in [2.75, 3.05) is 13.1 Å². The van der Waals surface area contributed by atoms with Gasteiger partial charge in [-0.25, -0.2) is 0 Å². The molecular formula is C14H30N2. The zero-order valence-electron chi connectivity index (χ0n) is 11.6. The molecule has 0 spiro atoms. The number of hydrogen-bond donors (Lipinski definition) is 1. The first-order chi connectivity index (χ1) is 7.54. The summed E-state index contributed by atoms with van der Waals surface area (Å²) in [5.74, 6) is 1.60. The molecule has 96 valence electrons. The fraction of sp³-hybridized carbons (Fsp3) is 1.00. The van der Waals surface area contributed by atoms with Gasteiger partial charge in [0.25, 0.3) is 0 Å². The van der Waals surface area contributed by atoms with Gasteiger partial charge in [0.05, 0.1) is 0 Å². The van der Waals surface area contributed by atoms with Crippen LogP contribution in [0.1, 0.15) is 53.4 Å². The highest BCUT2D eigenvalue weighted by Gasteiger charge is 2.27. The van der Waals surface area contributed by atoms with E-state index in [-0.39, 0.29) is 0 Å². The summed E-state index contributed by atoms with van der Waals surface area (Å²) in [5, 5.41) is 0. The summed E-state index contributed by atoms with van der Waals surface area (Å²) in [6.07, 6.45) is 5.13. The highest BCUT2D eigenvalue weighted by Crippen LogP contribution is 2.28. The lowest BCUT2D eigenvalue weighted by molar-refractivity contribution is 0.137. The van der Waals surface area contributed by atoms with Gasteiger partial charge in [-0.3, -0.25) is 0 Å². The van der Waals surface area contributed by atoms with Crippen LogP contribution >= 0.6 is 0 Å². The molecule has 0 amide bonds. The molecule has 1 aliphatic carbocycles. The normalized spacial score (nSPS) is 31.3. The molecule has 3 unspecified atom stereocenters. The van der Waals surface area contributed by atoms with Gasteiger partial charge in [-0.15, -0.1) is 0 Å². The van der Waals surface area contributed by atoms with Crippen molar-refractivity contribution < 1.29 is 0 Å². The second-order valence-electron chi connectivity index (χ2n) is 5.93. The van der Waals surface area contributed by atoms with Crippen LogP contribution in [-0.2, 0) is 0 Å². The lowest BCUT2D eigenvalue weighted by Gasteiger charge is -2.37. The van der Waals surface area contributed by atoms with Gasteiger partial charge in [-0.2, -0.15) is 0 Å². The van der Waals surface area contributed by atoms with Gasteiger partial charge in [0.2, 0.25) is 0 Å². The third kappa shape index (κ3) is 4.06. The summed E-state index contributed by atoms with van der Waals surface area (Å²) in [7, 11) is 0. The molecule has 0 aromatic carbocycles. The van der Waals surface area contributed by atoms with Gasteiger partial charge in [-0.05, 0) is 57.9 Å². The Labute approximate surface area is 102 Å². The molecule has 0 bridgehead atoms. The molecule has 1 aliphatic rings. The minimum atomic E-state index is 0.439. The van der Waals surface area contributed by atoms with Crippen LogP contribution in [0, 0.1) is 11.8 Å². The zero-order valence-corrected chi connectivity index (χ0v) is 11.6. The van der Waals surface area contributed by atoms with Crippen LogP contribution in [0.4, 0.5) is 0 Å². The summed E-state index contributed by atoms with van der Waals surface area (Å²) in [5.41, 5.74) is 6.26. The Bertz CT molecular complexity index is 191. The monoisotopic (exact) mass is 226 g/mol. The molecule has 16 heavy (non-hydrogen) atoms. The van der Waals surface area contributed by atoms with E-state index in [0.717, 1.165) is 11.8 Å². The minimum absolute atomic E-state index is 0.439.